The van der Waals surface area contributed by atoms with Crippen LogP contribution in [0.3, 0.4) is 0 Å². The van der Waals surface area contributed by atoms with E-state index in [1.54, 1.807) is 6.20 Å². The van der Waals surface area contributed by atoms with E-state index in [-0.39, 0.29) is 12.5 Å². The monoisotopic (exact) mass is 462 g/mol. The summed E-state index contributed by atoms with van der Waals surface area (Å²) in [6.07, 6.45) is 2.86. The molecule has 0 radical (unpaired) electrons. The first-order valence-corrected chi connectivity index (χ1v) is 11.0. The molecule has 2 unspecified atom stereocenters. The van der Waals surface area contributed by atoms with Gasteiger partial charge in [-0.1, -0.05) is 17.7 Å². The summed E-state index contributed by atoms with van der Waals surface area (Å²) in [7, 11) is 0. The Bertz CT molecular complexity index is 1270. The molecule has 0 bridgehead atoms. The van der Waals surface area contributed by atoms with Crippen molar-refractivity contribution in [3.05, 3.63) is 77.8 Å². The van der Waals surface area contributed by atoms with Crippen molar-refractivity contribution in [2.24, 2.45) is 0 Å². The van der Waals surface area contributed by atoms with E-state index in [2.05, 4.69) is 25.2 Å². The molecular weight excluding hydrogens is 440 g/mol. The third-order valence-corrected chi connectivity index (χ3v) is 5.70. The fourth-order valence-corrected chi connectivity index (χ4v) is 4.02. The molecule has 1 aliphatic heterocycles. The second-order valence-corrected chi connectivity index (χ2v) is 8.22. The van der Waals surface area contributed by atoms with Crippen LogP contribution in [-0.4, -0.2) is 34.0 Å². The molecule has 0 spiro atoms. The van der Waals surface area contributed by atoms with Crippen molar-refractivity contribution in [1.29, 1.82) is 0 Å². The Kier molecular flexibility index (Phi) is 5.85. The highest BCUT2D eigenvalue weighted by Gasteiger charge is 2.31. The fraction of sp³-hybridized carbons (Fsp3) is 0.208. The summed E-state index contributed by atoms with van der Waals surface area (Å²) in [5, 5.41) is 4.74. The van der Waals surface area contributed by atoms with Crippen molar-refractivity contribution in [2.45, 2.75) is 26.0 Å². The van der Waals surface area contributed by atoms with Crippen molar-refractivity contribution in [3.63, 3.8) is 0 Å². The van der Waals surface area contributed by atoms with Gasteiger partial charge in [-0.15, -0.1) is 0 Å². The van der Waals surface area contributed by atoms with E-state index in [1.165, 1.54) is 6.33 Å². The van der Waals surface area contributed by atoms with Crippen LogP contribution >= 0.6 is 11.6 Å². The number of ether oxygens (including phenoxy) is 2. The molecule has 1 aliphatic rings. The molecule has 1 fully saturated rings. The molecule has 8 nitrogen and oxygen atoms in total. The first-order chi connectivity index (χ1) is 16.1. The lowest BCUT2D eigenvalue weighted by molar-refractivity contribution is 0.0759. The van der Waals surface area contributed by atoms with Crippen LogP contribution in [0.2, 0.25) is 5.02 Å². The molecule has 9 heteroatoms. The van der Waals surface area contributed by atoms with Crippen LogP contribution in [0.15, 0.2) is 67.1 Å². The lowest BCUT2D eigenvalue weighted by Crippen LogP contribution is -2.36. The Labute approximate surface area is 196 Å². The molecule has 2 atom stereocenters. The molecule has 5 rings (SSSR count). The highest BCUT2D eigenvalue weighted by molar-refractivity contribution is 6.32. The Morgan fingerprint density at radius 3 is 2.88 bits per heavy atom. The standard InChI is InChI=1S/C24H23ClN6O2/c1-15-12-31(18-6-8-22(20(25)11-18)32-13-17-4-2-3-9-27-17)24(33-15)30-16-5-7-21-19(10-16)23(26)29-14-28-21/h2-11,14-15,24,30H,12-13H2,1H3,(H2,26,28,29). The van der Waals surface area contributed by atoms with E-state index in [9.17, 15) is 0 Å². The minimum Gasteiger partial charge on any atom is -0.486 e. The summed E-state index contributed by atoms with van der Waals surface area (Å²) in [4.78, 5) is 14.7. The van der Waals surface area contributed by atoms with Crippen molar-refractivity contribution in [2.75, 3.05) is 22.5 Å². The Morgan fingerprint density at radius 2 is 2.06 bits per heavy atom. The van der Waals surface area contributed by atoms with Crippen molar-refractivity contribution >= 4 is 39.7 Å². The highest BCUT2D eigenvalue weighted by Crippen LogP contribution is 2.33. The van der Waals surface area contributed by atoms with Gasteiger partial charge in [0.1, 0.15) is 24.5 Å². The minimum atomic E-state index is -0.375. The van der Waals surface area contributed by atoms with E-state index >= 15 is 0 Å². The summed E-state index contributed by atoms with van der Waals surface area (Å²) < 4.78 is 12.0. The van der Waals surface area contributed by atoms with Gasteiger partial charge in [-0.2, -0.15) is 0 Å². The Morgan fingerprint density at radius 1 is 1.15 bits per heavy atom. The summed E-state index contributed by atoms with van der Waals surface area (Å²) >= 11 is 6.54. The van der Waals surface area contributed by atoms with Gasteiger partial charge < -0.3 is 25.4 Å². The maximum Gasteiger partial charge on any atom is 0.208 e. The Balaban J connectivity index is 1.33. The highest BCUT2D eigenvalue weighted by atomic mass is 35.5. The molecule has 3 heterocycles. The van der Waals surface area contributed by atoms with E-state index in [4.69, 9.17) is 26.8 Å². The zero-order chi connectivity index (χ0) is 22.8. The molecule has 0 amide bonds. The third kappa shape index (κ3) is 4.62. The number of nitrogens with two attached hydrogens (primary N) is 1. The van der Waals surface area contributed by atoms with E-state index in [0.717, 1.165) is 28.0 Å². The summed E-state index contributed by atoms with van der Waals surface area (Å²) in [5.74, 6) is 1.04. The lowest BCUT2D eigenvalue weighted by Gasteiger charge is -2.27. The summed E-state index contributed by atoms with van der Waals surface area (Å²) in [6, 6.07) is 17.2. The summed E-state index contributed by atoms with van der Waals surface area (Å²) in [6.45, 7) is 3.09. The molecule has 1 saturated heterocycles. The second kappa shape index (κ2) is 9.09. The number of halogens is 1. The van der Waals surface area contributed by atoms with Crippen LogP contribution < -0.4 is 20.7 Å². The number of anilines is 3. The topological polar surface area (TPSA) is 98.4 Å². The predicted octanol–water partition coefficient (Wildman–Crippen LogP) is 4.46. The number of fused-ring (bicyclic) bond motifs is 1. The molecule has 168 valence electrons. The number of nitrogen functional groups attached to an aromatic ring is 1. The zero-order valence-corrected chi connectivity index (χ0v) is 18.7. The van der Waals surface area contributed by atoms with Crippen LogP contribution in [-0.2, 0) is 11.3 Å². The summed E-state index contributed by atoms with van der Waals surface area (Å²) in [5.41, 5.74) is 9.43. The van der Waals surface area contributed by atoms with E-state index < -0.39 is 0 Å². The zero-order valence-electron chi connectivity index (χ0n) is 18.0. The van der Waals surface area contributed by atoms with Gasteiger partial charge in [-0.3, -0.25) is 4.98 Å². The van der Waals surface area contributed by atoms with Gasteiger partial charge in [0.05, 0.1) is 22.3 Å². The first-order valence-electron chi connectivity index (χ1n) is 10.6. The number of pyridine rings is 1. The SMILES string of the molecule is CC1CN(c2ccc(OCc3ccccn3)c(Cl)c2)C(Nc2ccc3ncnc(N)c3c2)O1. The molecule has 0 aliphatic carbocycles. The number of hydrogen-bond donors (Lipinski definition) is 2. The second-order valence-electron chi connectivity index (χ2n) is 7.81. The third-order valence-electron chi connectivity index (χ3n) is 5.40. The van der Waals surface area contributed by atoms with Crippen LogP contribution in [0.5, 0.6) is 5.75 Å². The number of aromatic nitrogens is 3. The number of benzene rings is 2. The van der Waals surface area contributed by atoms with Gasteiger partial charge in [0.15, 0.2) is 0 Å². The van der Waals surface area contributed by atoms with E-state index in [1.807, 2.05) is 61.5 Å². The molecule has 0 saturated carbocycles. The van der Waals surface area contributed by atoms with E-state index in [0.29, 0.717) is 29.7 Å². The molecular formula is C24H23ClN6O2. The predicted molar refractivity (Wildman–Crippen MR) is 129 cm³/mol. The van der Waals surface area contributed by atoms with Gasteiger partial charge in [-0.25, -0.2) is 9.97 Å². The number of hydrogen-bond acceptors (Lipinski definition) is 8. The van der Waals surface area contributed by atoms with Crippen molar-refractivity contribution in [3.8, 4) is 5.75 Å². The molecule has 3 N–H and O–H groups in total. The van der Waals surface area contributed by atoms with Gasteiger partial charge in [0, 0.05) is 29.5 Å². The average molecular weight is 463 g/mol. The van der Waals surface area contributed by atoms with Gasteiger partial charge in [-0.05, 0) is 55.5 Å². The molecule has 2 aromatic carbocycles. The molecule has 4 aromatic rings. The number of rotatable bonds is 6. The number of nitrogens with zero attached hydrogens (tertiary/aromatic N) is 4. The average Bonchev–Trinajstić information content (AvgIpc) is 3.19. The molecule has 2 aromatic heterocycles. The van der Waals surface area contributed by atoms with Gasteiger partial charge in [0.25, 0.3) is 0 Å². The van der Waals surface area contributed by atoms with Gasteiger partial charge >= 0.3 is 0 Å². The maximum atomic E-state index is 6.54. The van der Waals surface area contributed by atoms with Gasteiger partial charge in [0.2, 0.25) is 6.35 Å². The minimum absolute atomic E-state index is 0.0372. The first kappa shape index (κ1) is 21.2. The normalized spacial score (nSPS) is 17.9. The number of nitrogens with one attached hydrogen (secondary N) is 1. The van der Waals surface area contributed by atoms with Crippen molar-refractivity contribution in [1.82, 2.24) is 15.0 Å². The van der Waals surface area contributed by atoms with Crippen LogP contribution in [0.25, 0.3) is 10.9 Å². The fourth-order valence-electron chi connectivity index (χ4n) is 3.79. The van der Waals surface area contributed by atoms with Crippen LogP contribution in [0, 0.1) is 0 Å². The van der Waals surface area contributed by atoms with Crippen LogP contribution in [0.1, 0.15) is 12.6 Å². The Hall–Kier alpha value is -3.62. The maximum absolute atomic E-state index is 6.54. The smallest absolute Gasteiger partial charge is 0.208 e. The van der Waals surface area contributed by atoms with Crippen molar-refractivity contribution < 1.29 is 9.47 Å². The quantitative estimate of drug-likeness (QED) is 0.433. The lowest BCUT2D eigenvalue weighted by atomic mass is 10.2. The van der Waals surface area contributed by atoms with Crippen LogP contribution in [0.4, 0.5) is 17.2 Å². The molecule has 33 heavy (non-hydrogen) atoms. The largest absolute Gasteiger partial charge is 0.486 e.